The smallest absolute Gasteiger partial charge is 0.387 e. The average Bonchev–Trinajstić information content (AvgIpc) is 2.96. The van der Waals surface area contributed by atoms with Gasteiger partial charge in [0, 0.05) is 19.2 Å². The van der Waals surface area contributed by atoms with Gasteiger partial charge in [0.2, 0.25) is 4.96 Å². The minimum Gasteiger partial charge on any atom is -0.493 e. The zero-order valence-corrected chi connectivity index (χ0v) is 15.8. The number of hydrogen-bond donors (Lipinski definition) is 0. The van der Waals surface area contributed by atoms with Crippen LogP contribution in [-0.2, 0) is 13.1 Å². The molecule has 144 valence electrons. The Morgan fingerprint density at radius 1 is 1.26 bits per heavy atom. The third-order valence-electron chi connectivity index (χ3n) is 3.73. The second kappa shape index (κ2) is 7.97. The number of methoxy groups -OCH3 is 1. The lowest BCUT2D eigenvalue weighted by Gasteiger charge is -2.17. The number of nitrogens with zero attached hydrogens (tertiary/aromatic N) is 4. The average molecular weight is 396 g/mol. The number of benzene rings is 1. The van der Waals surface area contributed by atoms with Gasteiger partial charge >= 0.3 is 6.61 Å². The third kappa shape index (κ3) is 4.58. The first-order chi connectivity index (χ1) is 12.9. The van der Waals surface area contributed by atoms with Crippen molar-refractivity contribution in [2.45, 2.75) is 26.6 Å². The summed E-state index contributed by atoms with van der Waals surface area (Å²) in [6, 6.07) is 6.24. The molecule has 0 unspecified atom stereocenters. The number of ether oxygens (including phenoxy) is 2. The van der Waals surface area contributed by atoms with Gasteiger partial charge in [0.1, 0.15) is 5.01 Å². The van der Waals surface area contributed by atoms with Crippen LogP contribution in [0.5, 0.6) is 11.5 Å². The quantitative estimate of drug-likeness (QED) is 0.612. The predicted octanol–water partition coefficient (Wildman–Crippen LogP) is 2.70. The molecule has 0 aliphatic heterocycles. The Labute approximate surface area is 157 Å². The van der Waals surface area contributed by atoms with Gasteiger partial charge in [-0.1, -0.05) is 17.4 Å². The molecule has 2 aromatic heterocycles. The molecule has 3 aromatic rings. The summed E-state index contributed by atoms with van der Waals surface area (Å²) in [5, 5.41) is 4.88. The van der Waals surface area contributed by atoms with Crippen molar-refractivity contribution < 1.29 is 18.3 Å². The second-order valence-electron chi connectivity index (χ2n) is 5.94. The fraction of sp³-hybridized carbons (Fsp3) is 0.353. The van der Waals surface area contributed by atoms with Crippen molar-refractivity contribution in [3.8, 4) is 11.5 Å². The molecule has 0 saturated heterocycles. The van der Waals surface area contributed by atoms with E-state index < -0.39 is 6.61 Å². The number of aryl methyl sites for hydroxylation is 1. The standard InChI is InChI=1S/C17H18F2N4O3S/c1-10-21-23-15(24)7-12(20-17(23)27-10)9-22(2)8-11-4-5-13(26-16(18)19)14(6-11)25-3/h4-7,16H,8-9H2,1-3H3. The Hall–Kier alpha value is -2.59. The molecule has 0 radical (unpaired) electrons. The molecule has 0 saturated carbocycles. The first kappa shape index (κ1) is 19.2. The van der Waals surface area contributed by atoms with E-state index in [1.54, 1.807) is 12.1 Å². The molecular weight excluding hydrogens is 378 g/mol. The van der Waals surface area contributed by atoms with Crippen molar-refractivity contribution in [2.75, 3.05) is 14.2 Å². The van der Waals surface area contributed by atoms with E-state index in [1.807, 2.05) is 18.9 Å². The molecule has 0 aliphatic rings. The zero-order chi connectivity index (χ0) is 19.6. The van der Waals surface area contributed by atoms with Gasteiger partial charge in [-0.3, -0.25) is 9.69 Å². The van der Waals surface area contributed by atoms with Crippen molar-refractivity contribution >= 4 is 16.3 Å². The molecule has 3 rings (SSSR count). The summed E-state index contributed by atoms with van der Waals surface area (Å²) >= 11 is 1.35. The lowest BCUT2D eigenvalue weighted by Crippen LogP contribution is -2.21. The van der Waals surface area contributed by atoms with Crippen molar-refractivity contribution in [1.29, 1.82) is 0 Å². The van der Waals surface area contributed by atoms with E-state index in [0.717, 1.165) is 10.6 Å². The summed E-state index contributed by atoms with van der Waals surface area (Å²) in [4.78, 5) is 19.1. The summed E-state index contributed by atoms with van der Waals surface area (Å²) in [7, 11) is 3.27. The molecule has 7 nitrogen and oxygen atoms in total. The Bertz CT molecular complexity index is 1010. The predicted molar refractivity (Wildman–Crippen MR) is 96.7 cm³/mol. The van der Waals surface area contributed by atoms with Crippen LogP contribution in [-0.4, -0.2) is 40.3 Å². The number of aromatic nitrogens is 3. The summed E-state index contributed by atoms with van der Waals surface area (Å²) in [5.74, 6) is 0.221. The lowest BCUT2D eigenvalue weighted by atomic mass is 10.2. The number of alkyl halides is 2. The largest absolute Gasteiger partial charge is 0.493 e. The van der Waals surface area contributed by atoms with Crippen molar-refractivity contribution in [2.24, 2.45) is 0 Å². The van der Waals surface area contributed by atoms with Gasteiger partial charge < -0.3 is 9.47 Å². The maximum Gasteiger partial charge on any atom is 0.387 e. The van der Waals surface area contributed by atoms with Crippen LogP contribution in [0.25, 0.3) is 4.96 Å². The SMILES string of the molecule is COc1cc(CN(C)Cc2cc(=O)n3nc(C)sc3n2)ccc1OC(F)F. The van der Waals surface area contributed by atoms with Gasteiger partial charge in [-0.05, 0) is 31.7 Å². The summed E-state index contributed by atoms with van der Waals surface area (Å²) in [5.41, 5.74) is 1.26. The highest BCUT2D eigenvalue weighted by molar-refractivity contribution is 7.16. The molecule has 2 heterocycles. The van der Waals surface area contributed by atoms with Crippen molar-refractivity contribution in [1.82, 2.24) is 19.5 Å². The highest BCUT2D eigenvalue weighted by atomic mass is 32.1. The number of hydrogen-bond acceptors (Lipinski definition) is 7. The minimum atomic E-state index is -2.91. The van der Waals surface area contributed by atoms with E-state index in [0.29, 0.717) is 23.7 Å². The molecule has 27 heavy (non-hydrogen) atoms. The first-order valence-corrected chi connectivity index (χ1v) is 8.84. The van der Waals surface area contributed by atoms with Gasteiger partial charge in [0.15, 0.2) is 11.5 Å². The van der Waals surface area contributed by atoms with Crippen LogP contribution in [0.2, 0.25) is 0 Å². The molecule has 0 bridgehead atoms. The fourth-order valence-electron chi connectivity index (χ4n) is 2.68. The molecule has 0 N–H and O–H groups in total. The number of halogens is 2. The van der Waals surface area contributed by atoms with E-state index in [1.165, 1.54) is 35.1 Å². The molecule has 0 fully saturated rings. The third-order valence-corrected chi connectivity index (χ3v) is 4.55. The maximum atomic E-state index is 12.4. The number of rotatable bonds is 7. The van der Waals surface area contributed by atoms with Gasteiger partial charge in [0.05, 0.1) is 12.8 Å². The Morgan fingerprint density at radius 3 is 2.74 bits per heavy atom. The summed E-state index contributed by atoms with van der Waals surface area (Å²) < 4.78 is 35.6. The monoisotopic (exact) mass is 396 g/mol. The lowest BCUT2D eigenvalue weighted by molar-refractivity contribution is -0.0512. The maximum absolute atomic E-state index is 12.4. The highest BCUT2D eigenvalue weighted by Crippen LogP contribution is 2.29. The summed E-state index contributed by atoms with van der Waals surface area (Å²) in [6.45, 7) is -0.142. The molecule has 0 aliphatic carbocycles. The normalized spacial score (nSPS) is 11.5. The van der Waals surface area contributed by atoms with Gasteiger partial charge in [0.25, 0.3) is 5.56 Å². The zero-order valence-electron chi connectivity index (χ0n) is 15.0. The fourth-order valence-corrected chi connectivity index (χ4v) is 3.45. The van der Waals surface area contributed by atoms with E-state index in [4.69, 9.17) is 4.74 Å². The van der Waals surface area contributed by atoms with Gasteiger partial charge in [-0.15, -0.1) is 0 Å². The van der Waals surface area contributed by atoms with Crippen LogP contribution in [0, 0.1) is 6.92 Å². The second-order valence-corrected chi connectivity index (χ2v) is 7.10. The molecule has 10 heteroatoms. The van der Waals surface area contributed by atoms with Crippen molar-refractivity contribution in [3.05, 3.63) is 50.9 Å². The summed E-state index contributed by atoms with van der Waals surface area (Å²) in [6.07, 6.45) is 0. The highest BCUT2D eigenvalue weighted by Gasteiger charge is 2.13. The van der Waals surface area contributed by atoms with Crippen LogP contribution < -0.4 is 15.0 Å². The van der Waals surface area contributed by atoms with Gasteiger partial charge in [-0.25, -0.2) is 4.98 Å². The van der Waals surface area contributed by atoms with Crippen LogP contribution in [0.1, 0.15) is 16.3 Å². The van der Waals surface area contributed by atoms with E-state index in [-0.39, 0.29) is 17.1 Å². The molecule has 0 spiro atoms. The van der Waals surface area contributed by atoms with Gasteiger partial charge in [-0.2, -0.15) is 18.4 Å². The Balaban J connectivity index is 1.74. The van der Waals surface area contributed by atoms with E-state index in [9.17, 15) is 13.6 Å². The van der Waals surface area contributed by atoms with E-state index >= 15 is 0 Å². The Kier molecular flexibility index (Phi) is 5.66. The van der Waals surface area contributed by atoms with Crippen LogP contribution in [0.4, 0.5) is 8.78 Å². The van der Waals surface area contributed by atoms with Crippen LogP contribution >= 0.6 is 11.3 Å². The number of fused-ring (bicyclic) bond motifs is 1. The molecule has 0 atom stereocenters. The first-order valence-electron chi connectivity index (χ1n) is 8.02. The van der Waals surface area contributed by atoms with E-state index in [2.05, 4.69) is 14.8 Å². The Morgan fingerprint density at radius 2 is 2.04 bits per heavy atom. The van der Waals surface area contributed by atoms with Crippen LogP contribution in [0.15, 0.2) is 29.1 Å². The van der Waals surface area contributed by atoms with Crippen molar-refractivity contribution in [3.63, 3.8) is 0 Å². The topological polar surface area (TPSA) is 69.0 Å². The van der Waals surface area contributed by atoms with Crippen LogP contribution in [0.3, 0.4) is 0 Å². The molecular formula is C17H18F2N4O3S. The minimum absolute atomic E-state index is 0.0143. The molecule has 0 amide bonds. The molecule has 1 aromatic carbocycles.